The SMILES string of the molecule is CCN(CC(=O)Nc1ccccc1C(F)(F)F)C(=O)C[C@H]1Sc2ccccc2NC1=O. The lowest BCUT2D eigenvalue weighted by atomic mass is 10.1. The van der Waals surface area contributed by atoms with Crippen molar-refractivity contribution < 1.29 is 27.6 Å². The van der Waals surface area contributed by atoms with E-state index in [2.05, 4.69) is 10.6 Å². The van der Waals surface area contributed by atoms with E-state index in [0.717, 1.165) is 17.0 Å². The molecule has 1 atom stereocenters. The first-order chi connectivity index (χ1) is 14.7. The number of nitrogens with zero attached hydrogens (tertiary/aromatic N) is 1. The lowest BCUT2D eigenvalue weighted by Gasteiger charge is -2.26. The molecule has 2 aromatic carbocycles. The van der Waals surface area contributed by atoms with Crippen molar-refractivity contribution in [2.24, 2.45) is 0 Å². The molecule has 6 nitrogen and oxygen atoms in total. The Bertz CT molecular complexity index is 997. The third-order valence-corrected chi connectivity index (χ3v) is 5.92. The number of rotatable bonds is 6. The van der Waals surface area contributed by atoms with Gasteiger partial charge in [0.15, 0.2) is 0 Å². The highest BCUT2D eigenvalue weighted by atomic mass is 32.2. The molecule has 10 heteroatoms. The highest BCUT2D eigenvalue weighted by Crippen LogP contribution is 2.37. The average Bonchev–Trinajstić information content (AvgIpc) is 2.72. The molecule has 0 saturated heterocycles. The molecule has 3 amide bonds. The zero-order chi connectivity index (χ0) is 22.6. The van der Waals surface area contributed by atoms with E-state index >= 15 is 0 Å². The van der Waals surface area contributed by atoms with Gasteiger partial charge in [-0.15, -0.1) is 11.8 Å². The Hall–Kier alpha value is -3.01. The molecule has 0 aromatic heterocycles. The van der Waals surface area contributed by atoms with E-state index in [0.29, 0.717) is 5.69 Å². The molecular weight excluding hydrogens is 431 g/mol. The van der Waals surface area contributed by atoms with Crippen LogP contribution in [0, 0.1) is 0 Å². The van der Waals surface area contributed by atoms with Gasteiger partial charge in [-0.1, -0.05) is 24.3 Å². The van der Waals surface area contributed by atoms with Gasteiger partial charge in [0.1, 0.15) is 0 Å². The van der Waals surface area contributed by atoms with Gasteiger partial charge < -0.3 is 15.5 Å². The van der Waals surface area contributed by atoms with Crippen molar-refractivity contribution in [1.29, 1.82) is 0 Å². The number of fused-ring (bicyclic) bond motifs is 1. The summed E-state index contributed by atoms with van der Waals surface area (Å²) in [5.74, 6) is -1.50. The number of thioether (sulfide) groups is 1. The van der Waals surface area contributed by atoms with Crippen molar-refractivity contribution in [2.45, 2.75) is 29.7 Å². The van der Waals surface area contributed by atoms with Crippen LogP contribution in [0.3, 0.4) is 0 Å². The summed E-state index contributed by atoms with van der Waals surface area (Å²) in [6.45, 7) is 1.40. The average molecular weight is 451 g/mol. The standard InChI is InChI=1S/C21H20F3N3O3S/c1-2-27(12-18(28)25-14-8-4-3-7-13(14)21(22,23)24)19(29)11-17-20(30)26-15-9-5-6-10-16(15)31-17/h3-10,17H,2,11-12H2,1H3,(H,25,28)(H,26,30)/t17-/m1/s1. The van der Waals surface area contributed by atoms with Crippen molar-refractivity contribution >= 4 is 40.9 Å². The first kappa shape index (κ1) is 22.7. The van der Waals surface area contributed by atoms with Crippen molar-refractivity contribution in [1.82, 2.24) is 4.90 Å². The molecule has 0 aliphatic carbocycles. The lowest BCUT2D eigenvalue weighted by molar-refractivity contribution is -0.137. The quantitative estimate of drug-likeness (QED) is 0.696. The number of anilines is 2. The van der Waals surface area contributed by atoms with Gasteiger partial charge >= 0.3 is 6.18 Å². The molecule has 1 aliphatic heterocycles. The Kier molecular flexibility index (Phi) is 6.89. The molecule has 0 spiro atoms. The summed E-state index contributed by atoms with van der Waals surface area (Å²) in [5, 5.41) is 4.31. The van der Waals surface area contributed by atoms with Gasteiger partial charge in [-0.2, -0.15) is 13.2 Å². The highest BCUT2D eigenvalue weighted by molar-refractivity contribution is 8.01. The molecule has 164 valence electrons. The first-order valence-corrected chi connectivity index (χ1v) is 10.4. The molecule has 0 radical (unpaired) electrons. The molecule has 0 bridgehead atoms. The van der Waals surface area contributed by atoms with Crippen LogP contribution in [0.1, 0.15) is 18.9 Å². The summed E-state index contributed by atoms with van der Waals surface area (Å²) in [5.41, 5.74) is -0.662. The number of amides is 3. The zero-order valence-corrected chi connectivity index (χ0v) is 17.3. The molecule has 1 heterocycles. The predicted octanol–water partition coefficient (Wildman–Crippen LogP) is 4.00. The third-order valence-electron chi connectivity index (χ3n) is 4.64. The zero-order valence-electron chi connectivity index (χ0n) is 16.5. The summed E-state index contributed by atoms with van der Waals surface area (Å²) < 4.78 is 39.3. The number of para-hydroxylation sites is 2. The van der Waals surface area contributed by atoms with Crippen LogP contribution in [0.25, 0.3) is 0 Å². The van der Waals surface area contributed by atoms with Crippen LogP contribution in [0.15, 0.2) is 53.4 Å². The van der Waals surface area contributed by atoms with Gasteiger partial charge in [0.05, 0.1) is 28.7 Å². The second-order valence-corrected chi connectivity index (χ2v) is 8.04. The number of halogens is 3. The second-order valence-electron chi connectivity index (χ2n) is 6.80. The Morgan fingerprint density at radius 2 is 1.81 bits per heavy atom. The van der Waals surface area contributed by atoms with Gasteiger partial charge in [-0.05, 0) is 31.2 Å². The van der Waals surface area contributed by atoms with Crippen LogP contribution >= 0.6 is 11.8 Å². The molecule has 0 unspecified atom stereocenters. The van der Waals surface area contributed by atoms with E-state index in [1.165, 1.54) is 28.8 Å². The van der Waals surface area contributed by atoms with Crippen molar-refractivity contribution in [3.8, 4) is 0 Å². The number of hydrogen-bond acceptors (Lipinski definition) is 4. The van der Waals surface area contributed by atoms with E-state index in [9.17, 15) is 27.6 Å². The number of nitrogens with one attached hydrogen (secondary N) is 2. The number of benzene rings is 2. The van der Waals surface area contributed by atoms with Crippen LogP contribution in [-0.4, -0.2) is 41.0 Å². The molecule has 0 saturated carbocycles. The van der Waals surface area contributed by atoms with E-state index in [1.807, 2.05) is 12.1 Å². The second kappa shape index (κ2) is 9.42. The van der Waals surface area contributed by atoms with Gasteiger partial charge in [0.25, 0.3) is 0 Å². The fourth-order valence-corrected chi connectivity index (χ4v) is 4.20. The fourth-order valence-electron chi connectivity index (χ4n) is 3.09. The van der Waals surface area contributed by atoms with Crippen LogP contribution in [0.2, 0.25) is 0 Å². The van der Waals surface area contributed by atoms with E-state index in [1.54, 1.807) is 19.1 Å². The number of alkyl halides is 3. The first-order valence-electron chi connectivity index (χ1n) is 9.49. The maximum absolute atomic E-state index is 13.1. The molecule has 0 fully saturated rings. The third kappa shape index (κ3) is 5.57. The van der Waals surface area contributed by atoms with Crippen molar-refractivity contribution in [3.63, 3.8) is 0 Å². The molecular formula is C21H20F3N3O3S. The van der Waals surface area contributed by atoms with E-state index in [-0.39, 0.29) is 24.6 Å². The summed E-state index contributed by atoms with van der Waals surface area (Å²) in [6.07, 6.45) is -4.75. The fraction of sp³-hybridized carbons (Fsp3) is 0.286. The molecule has 3 rings (SSSR count). The smallest absolute Gasteiger partial charge is 0.334 e. The van der Waals surface area contributed by atoms with Crippen LogP contribution in [-0.2, 0) is 20.6 Å². The minimum absolute atomic E-state index is 0.134. The summed E-state index contributed by atoms with van der Waals surface area (Å²) in [7, 11) is 0. The molecule has 2 aromatic rings. The predicted molar refractivity (Wildman–Crippen MR) is 112 cm³/mol. The van der Waals surface area contributed by atoms with Crippen LogP contribution < -0.4 is 10.6 Å². The van der Waals surface area contributed by atoms with Crippen molar-refractivity contribution in [2.75, 3.05) is 23.7 Å². The Morgan fingerprint density at radius 3 is 2.52 bits per heavy atom. The maximum Gasteiger partial charge on any atom is 0.418 e. The minimum Gasteiger partial charge on any atom is -0.334 e. The van der Waals surface area contributed by atoms with Crippen molar-refractivity contribution in [3.05, 3.63) is 54.1 Å². The van der Waals surface area contributed by atoms with E-state index < -0.39 is 35.3 Å². The van der Waals surface area contributed by atoms with Gasteiger partial charge in [0, 0.05) is 17.9 Å². The van der Waals surface area contributed by atoms with Gasteiger partial charge in [-0.3, -0.25) is 14.4 Å². The van der Waals surface area contributed by atoms with Gasteiger partial charge in [-0.25, -0.2) is 0 Å². The monoisotopic (exact) mass is 451 g/mol. The number of likely N-dealkylation sites (N-methyl/N-ethyl adjacent to an activating group) is 1. The Morgan fingerprint density at radius 1 is 1.13 bits per heavy atom. The summed E-state index contributed by atoms with van der Waals surface area (Å²) >= 11 is 1.26. The lowest BCUT2D eigenvalue weighted by Crippen LogP contribution is -2.41. The van der Waals surface area contributed by atoms with Crippen LogP contribution in [0.4, 0.5) is 24.5 Å². The molecule has 31 heavy (non-hydrogen) atoms. The van der Waals surface area contributed by atoms with E-state index in [4.69, 9.17) is 0 Å². The Labute approximate surface area is 181 Å². The highest BCUT2D eigenvalue weighted by Gasteiger charge is 2.34. The summed E-state index contributed by atoms with van der Waals surface area (Å²) in [4.78, 5) is 39.4. The Balaban J connectivity index is 1.63. The molecule has 1 aliphatic rings. The number of carbonyl (C=O) groups excluding carboxylic acids is 3. The van der Waals surface area contributed by atoms with Gasteiger partial charge in [0.2, 0.25) is 17.7 Å². The summed E-state index contributed by atoms with van der Waals surface area (Å²) in [6, 6.07) is 11.8. The largest absolute Gasteiger partial charge is 0.418 e. The molecule has 2 N–H and O–H groups in total. The topological polar surface area (TPSA) is 78.5 Å². The maximum atomic E-state index is 13.1. The van der Waals surface area contributed by atoms with Crippen LogP contribution in [0.5, 0.6) is 0 Å². The minimum atomic E-state index is -4.62. The normalized spacial score (nSPS) is 15.6. The number of hydrogen-bond donors (Lipinski definition) is 2. The number of carbonyl (C=O) groups is 3.